The molecule has 0 aromatic carbocycles. The van der Waals surface area contributed by atoms with Gasteiger partial charge in [0.1, 0.15) is 0 Å². The van der Waals surface area contributed by atoms with E-state index in [2.05, 4.69) is 46.0 Å². The van der Waals surface area contributed by atoms with Crippen LogP contribution >= 0.6 is 0 Å². The summed E-state index contributed by atoms with van der Waals surface area (Å²) in [6.45, 7) is 14.9. The molecule has 0 unspecified atom stereocenters. The summed E-state index contributed by atoms with van der Waals surface area (Å²) in [5.41, 5.74) is 2.55. The highest BCUT2D eigenvalue weighted by atomic mass is 16.5. The summed E-state index contributed by atoms with van der Waals surface area (Å²) in [6.07, 6.45) is 17.1. The van der Waals surface area contributed by atoms with Crippen LogP contribution in [0.3, 0.4) is 0 Å². The van der Waals surface area contributed by atoms with E-state index in [0.29, 0.717) is 17.4 Å². The normalized spacial score (nSPS) is 40.9. The van der Waals surface area contributed by atoms with E-state index in [1.165, 1.54) is 64.2 Å². The van der Waals surface area contributed by atoms with E-state index < -0.39 is 0 Å². The van der Waals surface area contributed by atoms with Crippen molar-refractivity contribution in [1.29, 1.82) is 0 Å². The Kier molecular flexibility index (Phi) is 7.56. The summed E-state index contributed by atoms with van der Waals surface area (Å²) in [7, 11) is 0. The monoisotopic (exact) mass is 457 g/mol. The van der Waals surface area contributed by atoms with Crippen molar-refractivity contribution in [2.45, 2.75) is 118 Å². The van der Waals surface area contributed by atoms with Crippen LogP contribution in [0.2, 0.25) is 0 Å². The smallest absolute Gasteiger partial charge is 0.407 e. The van der Waals surface area contributed by atoms with Crippen LogP contribution in [0.15, 0.2) is 11.6 Å². The predicted molar refractivity (Wildman–Crippen MR) is 137 cm³/mol. The van der Waals surface area contributed by atoms with Crippen molar-refractivity contribution in [2.75, 3.05) is 6.61 Å². The van der Waals surface area contributed by atoms with Crippen LogP contribution < -0.4 is 5.32 Å². The van der Waals surface area contributed by atoms with Crippen molar-refractivity contribution >= 4 is 6.09 Å². The van der Waals surface area contributed by atoms with Gasteiger partial charge in [-0.15, -0.1) is 0 Å². The maximum atomic E-state index is 12.0. The number of ether oxygens (including phenoxy) is 1. The fourth-order valence-corrected chi connectivity index (χ4v) is 9.19. The molecule has 188 valence electrons. The first kappa shape index (κ1) is 25.1. The van der Waals surface area contributed by atoms with Gasteiger partial charge in [-0.3, -0.25) is 0 Å². The van der Waals surface area contributed by atoms with Gasteiger partial charge >= 0.3 is 6.09 Å². The largest absolute Gasteiger partial charge is 0.450 e. The summed E-state index contributed by atoms with van der Waals surface area (Å²) in [6, 6.07) is 0.153. The number of rotatable bonds is 7. The lowest BCUT2D eigenvalue weighted by Gasteiger charge is -2.59. The maximum absolute atomic E-state index is 12.0. The van der Waals surface area contributed by atoms with Gasteiger partial charge in [-0.2, -0.15) is 0 Å². The Morgan fingerprint density at radius 3 is 2.58 bits per heavy atom. The molecule has 1 N–H and O–H groups in total. The van der Waals surface area contributed by atoms with Crippen molar-refractivity contribution in [3.63, 3.8) is 0 Å². The number of amides is 1. The second-order valence-electron chi connectivity index (χ2n) is 13.1. The van der Waals surface area contributed by atoms with Gasteiger partial charge in [0.25, 0.3) is 0 Å². The van der Waals surface area contributed by atoms with Gasteiger partial charge < -0.3 is 10.1 Å². The first-order valence-electron chi connectivity index (χ1n) is 14.3. The fraction of sp³-hybridized carbons (Fsp3) is 0.900. The van der Waals surface area contributed by atoms with Gasteiger partial charge in [0.15, 0.2) is 0 Å². The van der Waals surface area contributed by atoms with E-state index in [-0.39, 0.29) is 12.1 Å². The highest BCUT2D eigenvalue weighted by molar-refractivity contribution is 5.68. The SMILES string of the molecule is CCOC(=O)N[C@@H]1C=C2CC[C@H]3[C@@H]4CC[C@H]([C@H](C)CCCC(C)C)[C@@]4(C)CC[C@@H]3[C@@]2(C)CC1. The number of alkyl carbamates (subject to hydrolysis) is 1. The van der Waals surface area contributed by atoms with Crippen molar-refractivity contribution < 1.29 is 9.53 Å². The van der Waals surface area contributed by atoms with Crippen molar-refractivity contribution in [3.8, 4) is 0 Å². The van der Waals surface area contributed by atoms with Crippen LogP contribution in [-0.2, 0) is 4.74 Å². The number of carbonyl (C=O) groups excluding carboxylic acids is 1. The number of hydrogen-bond acceptors (Lipinski definition) is 2. The molecular formula is C30H51NO2. The van der Waals surface area contributed by atoms with E-state index in [9.17, 15) is 4.79 Å². The zero-order valence-electron chi connectivity index (χ0n) is 22.4. The molecule has 4 aliphatic carbocycles. The van der Waals surface area contributed by atoms with Crippen LogP contribution in [0.25, 0.3) is 0 Å². The molecule has 3 heteroatoms. The van der Waals surface area contributed by atoms with Gasteiger partial charge in [0.2, 0.25) is 0 Å². The third kappa shape index (κ3) is 4.76. The molecule has 0 aromatic heterocycles. The van der Waals surface area contributed by atoms with Crippen LogP contribution in [0.4, 0.5) is 4.79 Å². The topological polar surface area (TPSA) is 38.3 Å². The summed E-state index contributed by atoms with van der Waals surface area (Å²) in [5, 5.41) is 3.09. The average molecular weight is 458 g/mol. The van der Waals surface area contributed by atoms with Gasteiger partial charge in [-0.1, -0.05) is 65.5 Å². The van der Waals surface area contributed by atoms with E-state index in [1.54, 1.807) is 5.57 Å². The number of fused-ring (bicyclic) bond motifs is 5. The molecule has 1 amide bonds. The molecular weight excluding hydrogens is 406 g/mol. The first-order valence-corrected chi connectivity index (χ1v) is 14.3. The quantitative estimate of drug-likeness (QED) is 0.392. The third-order valence-electron chi connectivity index (χ3n) is 10.9. The van der Waals surface area contributed by atoms with Crippen molar-refractivity contribution in [3.05, 3.63) is 11.6 Å². The maximum Gasteiger partial charge on any atom is 0.407 e. The van der Waals surface area contributed by atoms with Crippen LogP contribution in [-0.4, -0.2) is 18.7 Å². The molecule has 0 aliphatic heterocycles. The minimum absolute atomic E-state index is 0.153. The van der Waals surface area contributed by atoms with Crippen molar-refractivity contribution in [2.24, 2.45) is 46.3 Å². The van der Waals surface area contributed by atoms with Crippen LogP contribution in [0.5, 0.6) is 0 Å². The number of nitrogens with one attached hydrogen (secondary N) is 1. The van der Waals surface area contributed by atoms with Gasteiger partial charge in [0, 0.05) is 0 Å². The predicted octanol–water partition coefficient (Wildman–Crippen LogP) is 8.14. The van der Waals surface area contributed by atoms with Crippen molar-refractivity contribution in [1.82, 2.24) is 5.32 Å². The Morgan fingerprint density at radius 2 is 1.85 bits per heavy atom. The zero-order valence-corrected chi connectivity index (χ0v) is 22.4. The Labute approximate surface area is 203 Å². The summed E-state index contributed by atoms with van der Waals surface area (Å²) >= 11 is 0. The number of allylic oxidation sites excluding steroid dienone is 1. The molecule has 3 fully saturated rings. The van der Waals surface area contributed by atoms with E-state index in [4.69, 9.17) is 4.74 Å². The molecule has 0 radical (unpaired) electrons. The molecule has 0 spiro atoms. The second kappa shape index (κ2) is 9.94. The highest BCUT2D eigenvalue weighted by Crippen LogP contribution is 2.67. The van der Waals surface area contributed by atoms with E-state index in [1.807, 2.05) is 6.92 Å². The van der Waals surface area contributed by atoms with Crippen LogP contribution in [0.1, 0.15) is 112 Å². The summed E-state index contributed by atoms with van der Waals surface area (Å²) in [4.78, 5) is 12.0. The molecule has 4 aliphatic rings. The molecule has 0 heterocycles. The molecule has 3 nitrogen and oxygen atoms in total. The van der Waals surface area contributed by atoms with E-state index >= 15 is 0 Å². The number of carbonyl (C=O) groups is 1. The summed E-state index contributed by atoms with van der Waals surface area (Å²) < 4.78 is 5.14. The molecule has 4 rings (SSSR count). The molecule has 0 bridgehead atoms. The first-order chi connectivity index (χ1) is 15.7. The van der Waals surface area contributed by atoms with E-state index in [0.717, 1.165) is 41.9 Å². The Hall–Kier alpha value is -0.990. The molecule has 3 saturated carbocycles. The Balaban J connectivity index is 1.44. The zero-order chi connectivity index (χ0) is 23.8. The standard InChI is InChI=1S/C30H51NO2/c1-7-33-28(32)31-23-15-17-29(5)22(19-23)11-12-24-26-14-13-25(21(4)10-8-9-20(2)3)30(26,6)18-16-27(24)29/h19-21,23-27H,7-18H2,1-6H3,(H,31,32)/t21-,23+,24+,25-,26+,27+,29+,30-/m1/s1. The Morgan fingerprint density at radius 1 is 1.06 bits per heavy atom. The molecule has 33 heavy (non-hydrogen) atoms. The minimum Gasteiger partial charge on any atom is -0.450 e. The van der Waals surface area contributed by atoms with Gasteiger partial charge in [0.05, 0.1) is 12.6 Å². The molecule has 8 atom stereocenters. The summed E-state index contributed by atoms with van der Waals surface area (Å²) in [5.74, 6) is 5.34. The fourth-order valence-electron chi connectivity index (χ4n) is 9.19. The average Bonchev–Trinajstić information content (AvgIpc) is 3.11. The third-order valence-corrected chi connectivity index (χ3v) is 10.9. The highest BCUT2D eigenvalue weighted by Gasteiger charge is 2.59. The Bertz CT molecular complexity index is 729. The van der Waals surface area contributed by atoms with Gasteiger partial charge in [-0.25, -0.2) is 4.79 Å². The van der Waals surface area contributed by atoms with Gasteiger partial charge in [-0.05, 0) is 105 Å². The number of hydrogen-bond donors (Lipinski definition) is 1. The minimum atomic E-state index is -0.260. The lowest BCUT2D eigenvalue weighted by atomic mass is 9.46. The lowest BCUT2D eigenvalue weighted by Crippen LogP contribution is -2.52. The van der Waals surface area contributed by atoms with Crippen LogP contribution in [0, 0.1) is 46.3 Å². The second-order valence-corrected chi connectivity index (χ2v) is 13.1. The molecule has 0 aromatic rings. The molecule has 0 saturated heterocycles. The lowest BCUT2D eigenvalue weighted by molar-refractivity contribution is -0.0599.